The highest BCUT2D eigenvalue weighted by Gasteiger charge is 2.37. The summed E-state index contributed by atoms with van der Waals surface area (Å²) in [7, 11) is 0. The summed E-state index contributed by atoms with van der Waals surface area (Å²) >= 11 is 6.10. The average molecular weight is 479 g/mol. The molecule has 0 saturated carbocycles. The molecule has 4 N–H and O–H groups in total. The van der Waals surface area contributed by atoms with Crippen LogP contribution in [0, 0.1) is 0 Å². The summed E-state index contributed by atoms with van der Waals surface area (Å²) in [6.07, 6.45) is 1.37. The zero-order valence-electron chi connectivity index (χ0n) is 18.4. The van der Waals surface area contributed by atoms with E-state index in [0.29, 0.717) is 31.4 Å². The van der Waals surface area contributed by atoms with E-state index in [9.17, 15) is 29.1 Å². The highest BCUT2D eigenvalue weighted by Crippen LogP contribution is 2.23. The van der Waals surface area contributed by atoms with Crippen LogP contribution in [0.4, 0.5) is 5.69 Å². The van der Waals surface area contributed by atoms with E-state index >= 15 is 0 Å². The van der Waals surface area contributed by atoms with Gasteiger partial charge >= 0.3 is 0 Å². The van der Waals surface area contributed by atoms with E-state index in [2.05, 4.69) is 22.5 Å². The molecule has 1 unspecified atom stereocenters. The van der Waals surface area contributed by atoms with Crippen molar-refractivity contribution in [3.05, 3.63) is 41.1 Å². The Morgan fingerprint density at radius 1 is 1.30 bits per heavy atom. The van der Waals surface area contributed by atoms with Crippen LogP contribution >= 0.6 is 11.6 Å². The van der Waals surface area contributed by atoms with Crippen molar-refractivity contribution < 1.29 is 29.1 Å². The predicted octanol–water partition coefficient (Wildman–Crippen LogP) is 1.55. The Hall–Kier alpha value is -3.40. The Balaban J connectivity index is 2.03. The molecule has 33 heavy (non-hydrogen) atoms. The van der Waals surface area contributed by atoms with E-state index in [1.165, 1.54) is 36.9 Å². The number of hydrogen-bond acceptors (Lipinski definition) is 6. The van der Waals surface area contributed by atoms with E-state index in [1.54, 1.807) is 0 Å². The number of anilines is 1. The lowest BCUT2D eigenvalue weighted by atomic mass is 10.1. The normalized spacial score (nSPS) is 16.9. The van der Waals surface area contributed by atoms with Crippen LogP contribution in [0.3, 0.4) is 0 Å². The molecule has 0 radical (unpaired) electrons. The van der Waals surface area contributed by atoms with Crippen LogP contribution in [0.5, 0.6) is 0 Å². The van der Waals surface area contributed by atoms with E-state index in [1.807, 2.05) is 0 Å². The number of benzene rings is 1. The Morgan fingerprint density at radius 2 is 2.00 bits per heavy atom. The molecule has 1 aromatic carbocycles. The zero-order chi connectivity index (χ0) is 24.7. The van der Waals surface area contributed by atoms with Crippen molar-refractivity contribution in [1.82, 2.24) is 15.5 Å². The van der Waals surface area contributed by atoms with Gasteiger partial charge in [-0.1, -0.05) is 18.2 Å². The summed E-state index contributed by atoms with van der Waals surface area (Å²) in [5.74, 6) is -2.06. The van der Waals surface area contributed by atoms with E-state index in [-0.39, 0.29) is 28.7 Å². The van der Waals surface area contributed by atoms with Crippen LogP contribution in [0.15, 0.2) is 30.5 Å². The van der Waals surface area contributed by atoms with Gasteiger partial charge in [0.05, 0.1) is 22.5 Å². The number of aliphatic hydroxyl groups is 1. The predicted molar refractivity (Wildman–Crippen MR) is 122 cm³/mol. The maximum absolute atomic E-state index is 12.9. The highest BCUT2D eigenvalue weighted by atomic mass is 35.5. The van der Waals surface area contributed by atoms with Crippen molar-refractivity contribution in [2.45, 2.75) is 51.2 Å². The molecule has 1 aromatic rings. The van der Waals surface area contributed by atoms with Crippen molar-refractivity contribution in [1.29, 1.82) is 0 Å². The first-order valence-electron chi connectivity index (χ1n) is 10.3. The molecule has 1 fully saturated rings. The lowest BCUT2D eigenvalue weighted by molar-refractivity contribution is -0.140. The van der Waals surface area contributed by atoms with E-state index in [0.717, 1.165) is 0 Å². The summed E-state index contributed by atoms with van der Waals surface area (Å²) in [5, 5.41) is 17.1. The first-order valence-corrected chi connectivity index (χ1v) is 10.7. The minimum Gasteiger partial charge on any atom is -0.513 e. The Labute approximate surface area is 196 Å². The first-order chi connectivity index (χ1) is 15.5. The molecule has 1 heterocycles. The highest BCUT2D eigenvalue weighted by molar-refractivity contribution is 6.34. The van der Waals surface area contributed by atoms with Gasteiger partial charge < -0.3 is 30.8 Å². The first kappa shape index (κ1) is 25.9. The molecule has 11 heteroatoms. The number of halogens is 1. The van der Waals surface area contributed by atoms with Gasteiger partial charge in [0.1, 0.15) is 18.4 Å². The summed E-state index contributed by atoms with van der Waals surface area (Å²) in [4.78, 5) is 61.8. The third kappa shape index (κ3) is 7.04. The van der Waals surface area contributed by atoms with Gasteiger partial charge in [-0.15, -0.1) is 0 Å². The molecule has 0 aliphatic carbocycles. The molecule has 2 rings (SSSR count). The van der Waals surface area contributed by atoms with Gasteiger partial charge in [0.15, 0.2) is 0 Å². The number of likely N-dealkylation sites (tertiary alicyclic amines) is 1. The largest absolute Gasteiger partial charge is 0.513 e. The van der Waals surface area contributed by atoms with Crippen molar-refractivity contribution in [3.63, 3.8) is 0 Å². The molecule has 10 nitrogen and oxygen atoms in total. The third-order valence-electron chi connectivity index (χ3n) is 5.05. The van der Waals surface area contributed by atoms with Crippen LogP contribution in [-0.4, -0.2) is 64.6 Å². The summed E-state index contributed by atoms with van der Waals surface area (Å²) < 4.78 is 0. The van der Waals surface area contributed by atoms with E-state index < -0.39 is 35.8 Å². The number of carbonyl (C=O) groups excluding carboxylic acids is 5. The third-order valence-corrected chi connectivity index (χ3v) is 5.36. The standard InChI is InChI=1S/C22H27ClN4O6/c1-12(29)9-16(11-28)26-21(32)19-5-4-8-27(19)22(33)13(2)24-20(31)15-6-7-18(17(23)10-15)25-14(3)30/h6-7,10-11,13,16,19,29H,1,4-5,8-9H2,2-3H3,(H,24,31)(H,25,30)(H,26,32)/t13-,16?,19-/m0/s1. The molecule has 4 amide bonds. The summed E-state index contributed by atoms with van der Waals surface area (Å²) in [6.45, 7) is 6.47. The molecule has 0 bridgehead atoms. The van der Waals surface area contributed by atoms with Crippen LogP contribution < -0.4 is 16.0 Å². The fourth-order valence-electron chi connectivity index (χ4n) is 3.51. The van der Waals surface area contributed by atoms with Crippen molar-refractivity contribution in [2.24, 2.45) is 0 Å². The fourth-order valence-corrected chi connectivity index (χ4v) is 3.73. The molecule has 0 spiro atoms. The number of amides is 4. The number of rotatable bonds is 9. The summed E-state index contributed by atoms with van der Waals surface area (Å²) in [5.41, 5.74) is 0.552. The zero-order valence-corrected chi connectivity index (χ0v) is 19.1. The molecule has 3 atom stereocenters. The Bertz CT molecular complexity index is 966. The van der Waals surface area contributed by atoms with Gasteiger partial charge in [-0.25, -0.2) is 0 Å². The van der Waals surface area contributed by atoms with Gasteiger partial charge in [0, 0.05) is 25.5 Å². The minimum absolute atomic E-state index is 0.119. The van der Waals surface area contributed by atoms with Gasteiger partial charge in [-0.2, -0.15) is 0 Å². The lowest BCUT2D eigenvalue weighted by Crippen LogP contribution is -2.54. The molecule has 1 aliphatic heterocycles. The number of hydrogen-bond donors (Lipinski definition) is 4. The van der Waals surface area contributed by atoms with Gasteiger partial charge in [0.25, 0.3) is 5.91 Å². The smallest absolute Gasteiger partial charge is 0.251 e. The molecule has 178 valence electrons. The van der Waals surface area contributed by atoms with Crippen LogP contribution in [0.25, 0.3) is 0 Å². The number of aldehydes is 1. The topological polar surface area (TPSA) is 145 Å². The fraction of sp³-hybridized carbons (Fsp3) is 0.409. The van der Waals surface area contributed by atoms with Gasteiger partial charge in [-0.3, -0.25) is 19.2 Å². The monoisotopic (exact) mass is 478 g/mol. The second kappa shape index (κ2) is 11.5. The Kier molecular flexibility index (Phi) is 8.98. The minimum atomic E-state index is -0.949. The second-order valence-corrected chi connectivity index (χ2v) is 8.19. The van der Waals surface area contributed by atoms with Crippen molar-refractivity contribution in [2.75, 3.05) is 11.9 Å². The van der Waals surface area contributed by atoms with Crippen molar-refractivity contribution >= 4 is 47.2 Å². The number of aliphatic hydroxyl groups excluding tert-OH is 1. The van der Waals surface area contributed by atoms with Crippen LogP contribution in [0.2, 0.25) is 5.02 Å². The van der Waals surface area contributed by atoms with Gasteiger partial charge in [-0.05, 0) is 38.0 Å². The lowest BCUT2D eigenvalue weighted by Gasteiger charge is -2.28. The quantitative estimate of drug-likeness (QED) is 0.313. The summed E-state index contributed by atoms with van der Waals surface area (Å²) in [6, 6.07) is 1.65. The van der Waals surface area contributed by atoms with Crippen LogP contribution in [-0.2, 0) is 19.2 Å². The average Bonchev–Trinajstić information content (AvgIpc) is 3.23. The van der Waals surface area contributed by atoms with E-state index in [4.69, 9.17) is 11.6 Å². The maximum Gasteiger partial charge on any atom is 0.251 e. The number of nitrogens with one attached hydrogen (secondary N) is 3. The van der Waals surface area contributed by atoms with Crippen LogP contribution in [0.1, 0.15) is 43.5 Å². The second-order valence-electron chi connectivity index (χ2n) is 7.78. The molecular weight excluding hydrogens is 452 g/mol. The molecule has 1 aliphatic rings. The maximum atomic E-state index is 12.9. The SMILES string of the molecule is C=C(O)CC(C=O)NC(=O)[C@@H]1CCCN1C(=O)[C@H](C)NC(=O)c1ccc(NC(C)=O)c(Cl)c1. The molecule has 1 saturated heterocycles. The molecule has 0 aromatic heterocycles. The molecular formula is C22H27ClN4O6. The number of nitrogens with zero attached hydrogens (tertiary/aromatic N) is 1. The van der Waals surface area contributed by atoms with Crippen molar-refractivity contribution in [3.8, 4) is 0 Å². The van der Waals surface area contributed by atoms with Gasteiger partial charge in [0.2, 0.25) is 17.7 Å². The number of carbonyl (C=O) groups is 5. The Morgan fingerprint density at radius 3 is 2.58 bits per heavy atom.